The zero-order valence-electron chi connectivity index (χ0n) is 19.9. The van der Waals surface area contributed by atoms with E-state index in [4.69, 9.17) is 23.2 Å². The molecular formula is C25H31Cl2N3O4S. The van der Waals surface area contributed by atoms with Gasteiger partial charge in [0.05, 0.1) is 17.0 Å². The van der Waals surface area contributed by atoms with E-state index in [1.165, 1.54) is 23.1 Å². The molecule has 1 N–H and O–H groups in total. The van der Waals surface area contributed by atoms with Crippen molar-refractivity contribution < 1.29 is 18.0 Å². The monoisotopic (exact) mass is 539 g/mol. The van der Waals surface area contributed by atoms with Gasteiger partial charge in [0, 0.05) is 17.6 Å². The van der Waals surface area contributed by atoms with Gasteiger partial charge >= 0.3 is 0 Å². The summed E-state index contributed by atoms with van der Waals surface area (Å²) in [6.45, 7) is 1.32. The summed E-state index contributed by atoms with van der Waals surface area (Å²) in [7, 11) is -3.87. The maximum atomic E-state index is 13.6. The SMILES string of the molecule is C[C@@H](C(=O)NC1CCCCC1)N(Cc1ccccc1)C(=O)CN(c1ccc(Cl)cc1Cl)S(C)(=O)=O. The third-order valence-corrected chi connectivity index (χ3v) is 7.84. The Labute approximate surface area is 217 Å². The number of hydrogen-bond acceptors (Lipinski definition) is 4. The molecule has 0 aromatic heterocycles. The lowest BCUT2D eigenvalue weighted by atomic mass is 9.95. The van der Waals surface area contributed by atoms with E-state index >= 15 is 0 Å². The van der Waals surface area contributed by atoms with Crippen LogP contribution < -0.4 is 9.62 Å². The molecule has 1 fully saturated rings. The van der Waals surface area contributed by atoms with Gasteiger partial charge in [-0.3, -0.25) is 13.9 Å². The van der Waals surface area contributed by atoms with Crippen molar-refractivity contribution in [2.75, 3.05) is 17.1 Å². The first kappa shape index (κ1) is 27.3. The molecule has 0 aliphatic heterocycles. The first-order valence-electron chi connectivity index (χ1n) is 11.6. The van der Waals surface area contributed by atoms with Crippen molar-refractivity contribution in [2.45, 2.75) is 57.7 Å². The fraction of sp³-hybridized carbons (Fsp3) is 0.440. The second-order valence-electron chi connectivity index (χ2n) is 8.89. The van der Waals surface area contributed by atoms with E-state index in [1.807, 2.05) is 30.3 Å². The van der Waals surface area contributed by atoms with E-state index in [0.29, 0.717) is 5.02 Å². The van der Waals surface area contributed by atoms with Crippen molar-refractivity contribution >= 4 is 50.7 Å². The van der Waals surface area contributed by atoms with E-state index in [1.54, 1.807) is 6.92 Å². The predicted octanol–water partition coefficient (Wildman–Crippen LogP) is 4.63. The molecule has 0 heterocycles. The van der Waals surface area contributed by atoms with Gasteiger partial charge in [-0.1, -0.05) is 72.8 Å². The summed E-state index contributed by atoms with van der Waals surface area (Å²) < 4.78 is 26.2. The van der Waals surface area contributed by atoms with Crippen molar-refractivity contribution in [1.82, 2.24) is 10.2 Å². The number of anilines is 1. The van der Waals surface area contributed by atoms with Gasteiger partial charge < -0.3 is 10.2 Å². The van der Waals surface area contributed by atoms with Crippen molar-refractivity contribution in [1.29, 1.82) is 0 Å². The second-order valence-corrected chi connectivity index (χ2v) is 11.6. The highest BCUT2D eigenvalue weighted by Crippen LogP contribution is 2.30. The fourth-order valence-corrected chi connectivity index (χ4v) is 5.63. The first-order chi connectivity index (χ1) is 16.6. The lowest BCUT2D eigenvalue weighted by molar-refractivity contribution is -0.139. The molecule has 2 aromatic rings. The first-order valence-corrected chi connectivity index (χ1v) is 14.2. The number of hydrogen-bond donors (Lipinski definition) is 1. The van der Waals surface area contributed by atoms with E-state index in [2.05, 4.69) is 5.32 Å². The number of nitrogens with one attached hydrogen (secondary N) is 1. The molecule has 10 heteroatoms. The average Bonchev–Trinajstić information content (AvgIpc) is 2.81. The summed E-state index contributed by atoms with van der Waals surface area (Å²) in [4.78, 5) is 28.1. The minimum atomic E-state index is -3.87. The lowest BCUT2D eigenvalue weighted by Crippen LogP contribution is -2.53. The summed E-state index contributed by atoms with van der Waals surface area (Å²) in [5.41, 5.74) is 0.972. The van der Waals surface area contributed by atoms with Crippen LogP contribution in [-0.4, -0.2) is 50.0 Å². The molecule has 1 aliphatic rings. The molecule has 0 unspecified atom stereocenters. The molecular weight excluding hydrogens is 509 g/mol. The van der Waals surface area contributed by atoms with Gasteiger partial charge in [-0.15, -0.1) is 0 Å². The minimum absolute atomic E-state index is 0.0905. The van der Waals surface area contributed by atoms with E-state index in [-0.39, 0.29) is 29.2 Å². The summed E-state index contributed by atoms with van der Waals surface area (Å²) in [5, 5.41) is 3.52. The highest BCUT2D eigenvalue weighted by atomic mass is 35.5. The summed E-state index contributed by atoms with van der Waals surface area (Å²) in [6, 6.07) is 13.0. The number of benzene rings is 2. The normalized spacial score (nSPS) is 15.3. The Morgan fingerprint density at radius 1 is 1.06 bits per heavy atom. The molecule has 0 saturated heterocycles. The van der Waals surface area contributed by atoms with Crippen molar-refractivity contribution in [3.8, 4) is 0 Å². The Hall–Kier alpha value is -2.29. The number of nitrogens with zero attached hydrogens (tertiary/aromatic N) is 2. The highest BCUT2D eigenvalue weighted by Gasteiger charge is 2.31. The number of carbonyl (C=O) groups excluding carboxylic acids is 2. The van der Waals surface area contributed by atoms with Gasteiger partial charge in [-0.25, -0.2) is 8.42 Å². The Balaban J connectivity index is 1.87. The van der Waals surface area contributed by atoms with Crippen LogP contribution in [0.5, 0.6) is 0 Å². The third-order valence-electron chi connectivity index (χ3n) is 6.17. The average molecular weight is 541 g/mol. The fourth-order valence-electron chi connectivity index (χ4n) is 4.21. The highest BCUT2D eigenvalue weighted by molar-refractivity contribution is 7.92. The Kier molecular flexibility index (Phi) is 9.44. The largest absolute Gasteiger partial charge is 0.352 e. The summed E-state index contributed by atoms with van der Waals surface area (Å²) in [6.07, 6.45) is 6.14. The van der Waals surface area contributed by atoms with Crippen LogP contribution in [-0.2, 0) is 26.2 Å². The molecule has 1 atom stereocenters. The van der Waals surface area contributed by atoms with E-state index in [0.717, 1.165) is 48.2 Å². The zero-order chi connectivity index (χ0) is 25.6. The Morgan fingerprint density at radius 3 is 2.31 bits per heavy atom. The van der Waals surface area contributed by atoms with Crippen LogP contribution in [0, 0.1) is 0 Å². The van der Waals surface area contributed by atoms with Crippen LogP contribution >= 0.6 is 23.2 Å². The molecule has 2 amide bonds. The summed E-state index contributed by atoms with van der Waals surface area (Å²) >= 11 is 12.2. The predicted molar refractivity (Wildman–Crippen MR) is 140 cm³/mol. The number of carbonyl (C=O) groups is 2. The minimum Gasteiger partial charge on any atom is -0.352 e. The molecule has 7 nitrogen and oxygen atoms in total. The molecule has 35 heavy (non-hydrogen) atoms. The van der Waals surface area contributed by atoms with Crippen LogP contribution in [0.2, 0.25) is 10.0 Å². The molecule has 0 radical (unpaired) electrons. The zero-order valence-corrected chi connectivity index (χ0v) is 22.2. The number of sulfonamides is 1. The smallest absolute Gasteiger partial charge is 0.244 e. The molecule has 1 aliphatic carbocycles. The molecule has 1 saturated carbocycles. The van der Waals surface area contributed by atoms with Gasteiger partial charge in [0.25, 0.3) is 0 Å². The van der Waals surface area contributed by atoms with Crippen LogP contribution in [0.25, 0.3) is 0 Å². The quantitative estimate of drug-likeness (QED) is 0.503. The van der Waals surface area contributed by atoms with Crippen molar-refractivity contribution in [3.05, 3.63) is 64.1 Å². The van der Waals surface area contributed by atoms with Gasteiger partial charge in [0.2, 0.25) is 21.8 Å². The molecule has 0 spiro atoms. The standard InChI is InChI=1S/C25H31Cl2N3O4S/c1-18(25(32)28-21-11-7-4-8-12-21)29(16-19-9-5-3-6-10-19)24(31)17-30(35(2,33)34)23-14-13-20(26)15-22(23)27/h3,5-6,9-10,13-15,18,21H,4,7-8,11-12,16-17H2,1-2H3,(H,28,32)/t18-/m0/s1. The molecule has 2 aromatic carbocycles. The van der Waals surface area contributed by atoms with Crippen LogP contribution in [0.15, 0.2) is 48.5 Å². The molecule has 190 valence electrons. The maximum absolute atomic E-state index is 13.6. The van der Waals surface area contributed by atoms with Gasteiger partial charge in [-0.2, -0.15) is 0 Å². The lowest BCUT2D eigenvalue weighted by Gasteiger charge is -2.33. The topological polar surface area (TPSA) is 86.8 Å². The Morgan fingerprint density at radius 2 is 1.71 bits per heavy atom. The van der Waals surface area contributed by atoms with Crippen molar-refractivity contribution in [2.24, 2.45) is 0 Å². The summed E-state index contributed by atoms with van der Waals surface area (Å²) in [5.74, 6) is -0.770. The Bertz CT molecular complexity index is 1140. The van der Waals surface area contributed by atoms with Gasteiger partial charge in [0.1, 0.15) is 12.6 Å². The van der Waals surface area contributed by atoms with Gasteiger partial charge in [0.15, 0.2) is 0 Å². The van der Waals surface area contributed by atoms with E-state index < -0.39 is 28.5 Å². The van der Waals surface area contributed by atoms with Gasteiger partial charge in [-0.05, 0) is 43.5 Å². The van der Waals surface area contributed by atoms with Crippen LogP contribution in [0.3, 0.4) is 0 Å². The second kappa shape index (κ2) is 12.1. The third kappa shape index (κ3) is 7.59. The van der Waals surface area contributed by atoms with Crippen molar-refractivity contribution in [3.63, 3.8) is 0 Å². The molecule has 0 bridgehead atoms. The van der Waals surface area contributed by atoms with Crippen LogP contribution in [0.4, 0.5) is 5.69 Å². The number of halogens is 2. The number of amides is 2. The van der Waals surface area contributed by atoms with Crippen LogP contribution in [0.1, 0.15) is 44.6 Å². The maximum Gasteiger partial charge on any atom is 0.244 e. The molecule has 3 rings (SSSR count). The van der Waals surface area contributed by atoms with E-state index in [9.17, 15) is 18.0 Å². The number of rotatable bonds is 9.